The molecule has 1 fully saturated rings. The molecule has 166 valence electrons. The molecule has 0 spiro atoms. The minimum absolute atomic E-state index is 0.133. The molecule has 1 aliphatic rings. The summed E-state index contributed by atoms with van der Waals surface area (Å²) in [7, 11) is 0. The van der Waals surface area contributed by atoms with Crippen molar-refractivity contribution in [3.63, 3.8) is 0 Å². The van der Waals surface area contributed by atoms with Crippen LogP contribution in [-0.4, -0.2) is 30.9 Å². The van der Waals surface area contributed by atoms with Crippen molar-refractivity contribution in [3.05, 3.63) is 29.3 Å². The van der Waals surface area contributed by atoms with Crippen LogP contribution in [0.1, 0.15) is 77.0 Å². The predicted molar refractivity (Wildman–Crippen MR) is 117 cm³/mol. The summed E-state index contributed by atoms with van der Waals surface area (Å²) in [4.78, 5) is 28.7. The number of hydrogen-bond donors (Lipinski definition) is 0. The van der Waals surface area contributed by atoms with Crippen LogP contribution in [0.15, 0.2) is 29.4 Å². The van der Waals surface area contributed by atoms with Crippen molar-refractivity contribution in [2.24, 2.45) is 5.16 Å². The summed E-state index contributed by atoms with van der Waals surface area (Å²) in [5.74, 6) is -0.155. The van der Waals surface area contributed by atoms with Crippen molar-refractivity contribution in [1.29, 1.82) is 0 Å². The first-order valence-electron chi connectivity index (χ1n) is 10.9. The second-order valence-electron chi connectivity index (χ2n) is 7.52. The monoisotopic (exact) mass is 437 g/mol. The molecule has 0 amide bonds. The van der Waals surface area contributed by atoms with Crippen molar-refractivity contribution < 1.29 is 23.9 Å². The van der Waals surface area contributed by atoms with Crippen molar-refractivity contribution in [1.82, 2.24) is 0 Å². The fourth-order valence-electron chi connectivity index (χ4n) is 3.22. The Balaban J connectivity index is 1.79. The molecule has 1 aromatic rings. The minimum atomic E-state index is -0.559. The topological polar surface area (TPSA) is 74.2 Å². The fraction of sp³-hybridized carbons (Fsp3) is 0.609. The van der Waals surface area contributed by atoms with E-state index in [1.807, 2.05) is 0 Å². The highest BCUT2D eigenvalue weighted by atomic mass is 35.5. The number of cyclic esters (lactones) is 1. The molecule has 1 saturated heterocycles. The van der Waals surface area contributed by atoms with Gasteiger partial charge in [-0.3, -0.25) is 4.79 Å². The quantitative estimate of drug-likeness (QED) is 0.335. The predicted octanol–water partition coefficient (Wildman–Crippen LogP) is 5.86. The third kappa shape index (κ3) is 11.2. The second kappa shape index (κ2) is 14.8. The van der Waals surface area contributed by atoms with E-state index in [1.54, 1.807) is 24.3 Å². The molecule has 30 heavy (non-hydrogen) atoms. The van der Waals surface area contributed by atoms with Crippen LogP contribution in [-0.2, 0) is 19.2 Å². The summed E-state index contributed by atoms with van der Waals surface area (Å²) in [6.07, 6.45) is 11.5. The molecular weight excluding hydrogens is 406 g/mol. The molecule has 6 nitrogen and oxygen atoms in total. The van der Waals surface area contributed by atoms with E-state index in [2.05, 4.69) is 5.16 Å². The average molecular weight is 438 g/mol. The average Bonchev–Trinajstić information content (AvgIpc) is 2.74. The summed E-state index contributed by atoms with van der Waals surface area (Å²) in [5, 5.41) is 4.66. The zero-order chi connectivity index (χ0) is 21.4. The van der Waals surface area contributed by atoms with Gasteiger partial charge >= 0.3 is 11.9 Å². The zero-order valence-electron chi connectivity index (χ0n) is 17.6. The van der Waals surface area contributed by atoms with E-state index < -0.39 is 5.97 Å². The minimum Gasteiger partial charge on any atom is -0.482 e. The molecule has 0 radical (unpaired) electrons. The maximum Gasteiger partial charge on any atom is 0.372 e. The van der Waals surface area contributed by atoms with Gasteiger partial charge in [0.05, 0.1) is 12.3 Å². The Hall–Kier alpha value is -2.08. The SMILES string of the molecule is O=C1CCCCCCCCCC/C(=N\OC(=O)COc2ccc(Cl)cc2)CCCO1. The molecule has 7 heteroatoms. The van der Waals surface area contributed by atoms with Crippen molar-refractivity contribution in [2.45, 2.75) is 77.0 Å². The molecular formula is C23H32ClNO5. The van der Waals surface area contributed by atoms with Crippen molar-refractivity contribution >= 4 is 29.3 Å². The third-order valence-corrected chi connectivity index (χ3v) is 5.17. The highest BCUT2D eigenvalue weighted by molar-refractivity contribution is 6.30. The largest absolute Gasteiger partial charge is 0.482 e. The number of esters is 1. The van der Waals surface area contributed by atoms with E-state index in [0.717, 1.165) is 37.8 Å². The molecule has 0 N–H and O–H groups in total. The Kier molecular flexibility index (Phi) is 12.0. The maximum absolute atomic E-state index is 12.0. The van der Waals surface area contributed by atoms with Gasteiger partial charge in [-0.25, -0.2) is 4.79 Å². The van der Waals surface area contributed by atoms with E-state index in [0.29, 0.717) is 36.6 Å². The van der Waals surface area contributed by atoms with E-state index in [4.69, 9.17) is 25.9 Å². The van der Waals surface area contributed by atoms with E-state index >= 15 is 0 Å². The van der Waals surface area contributed by atoms with Crippen LogP contribution in [0.2, 0.25) is 5.02 Å². The molecule has 0 bridgehead atoms. The Morgan fingerprint density at radius 2 is 1.50 bits per heavy atom. The Labute approximate surface area is 183 Å². The highest BCUT2D eigenvalue weighted by Gasteiger charge is 2.09. The lowest BCUT2D eigenvalue weighted by atomic mass is 10.0. The normalized spacial score (nSPS) is 19.1. The van der Waals surface area contributed by atoms with Crippen LogP contribution in [0.4, 0.5) is 0 Å². The molecule has 0 saturated carbocycles. The Morgan fingerprint density at radius 1 is 0.900 bits per heavy atom. The smallest absolute Gasteiger partial charge is 0.372 e. The molecule has 1 aromatic carbocycles. The molecule has 0 aromatic heterocycles. The van der Waals surface area contributed by atoms with Gasteiger partial charge < -0.3 is 14.3 Å². The van der Waals surface area contributed by atoms with E-state index in [9.17, 15) is 9.59 Å². The van der Waals surface area contributed by atoms with Crippen molar-refractivity contribution in [3.8, 4) is 5.75 Å². The van der Waals surface area contributed by atoms with Gasteiger partial charge in [-0.15, -0.1) is 0 Å². The van der Waals surface area contributed by atoms with Crippen LogP contribution < -0.4 is 4.74 Å². The number of carbonyl (C=O) groups excluding carboxylic acids is 2. The Bertz CT molecular complexity index is 675. The van der Waals surface area contributed by atoms with Crippen molar-refractivity contribution in [2.75, 3.05) is 13.2 Å². The lowest BCUT2D eigenvalue weighted by Gasteiger charge is -2.09. The first-order chi connectivity index (χ1) is 14.6. The molecule has 1 heterocycles. The molecule has 0 atom stereocenters. The molecule has 0 aliphatic carbocycles. The fourth-order valence-corrected chi connectivity index (χ4v) is 3.35. The number of nitrogens with zero attached hydrogens (tertiary/aromatic N) is 1. The van der Waals surface area contributed by atoms with Gasteiger partial charge in [-0.05, 0) is 56.4 Å². The number of ether oxygens (including phenoxy) is 2. The summed E-state index contributed by atoms with van der Waals surface area (Å²) < 4.78 is 10.7. The van der Waals surface area contributed by atoms with E-state index in [-0.39, 0.29) is 12.6 Å². The third-order valence-electron chi connectivity index (χ3n) is 4.92. The summed E-state index contributed by atoms with van der Waals surface area (Å²) in [6.45, 7) is 0.140. The second-order valence-corrected chi connectivity index (χ2v) is 7.95. The lowest BCUT2D eigenvalue weighted by Crippen LogP contribution is -2.14. The lowest BCUT2D eigenvalue weighted by molar-refractivity contribution is -0.146. The summed E-state index contributed by atoms with van der Waals surface area (Å²) in [5.41, 5.74) is 0.818. The first-order valence-corrected chi connectivity index (χ1v) is 11.3. The van der Waals surface area contributed by atoms with Crippen LogP contribution >= 0.6 is 11.6 Å². The van der Waals surface area contributed by atoms with Gasteiger partial charge in [-0.2, -0.15) is 0 Å². The van der Waals surface area contributed by atoms with Crippen LogP contribution in [0.25, 0.3) is 0 Å². The number of carbonyl (C=O) groups is 2. The van der Waals surface area contributed by atoms with Crippen LogP contribution in [0.3, 0.4) is 0 Å². The number of halogens is 1. The van der Waals surface area contributed by atoms with Gasteiger partial charge in [0.1, 0.15) is 5.75 Å². The summed E-state index contributed by atoms with van der Waals surface area (Å²) in [6, 6.07) is 6.75. The van der Waals surface area contributed by atoms with Gasteiger partial charge in [-0.1, -0.05) is 55.3 Å². The van der Waals surface area contributed by atoms with Gasteiger partial charge in [0.15, 0.2) is 6.61 Å². The number of oxime groups is 1. The molecule has 2 rings (SSSR count). The number of benzene rings is 1. The van der Waals surface area contributed by atoms with Crippen LogP contribution in [0.5, 0.6) is 5.75 Å². The summed E-state index contributed by atoms with van der Waals surface area (Å²) >= 11 is 5.82. The van der Waals surface area contributed by atoms with Gasteiger partial charge in [0.25, 0.3) is 0 Å². The highest BCUT2D eigenvalue weighted by Crippen LogP contribution is 2.16. The van der Waals surface area contributed by atoms with Gasteiger partial charge in [0, 0.05) is 11.4 Å². The Morgan fingerprint density at radius 3 is 2.20 bits per heavy atom. The molecule has 1 aliphatic heterocycles. The van der Waals surface area contributed by atoms with Crippen LogP contribution in [0, 0.1) is 0 Å². The molecule has 0 unspecified atom stereocenters. The standard InChI is InChI=1S/C23H32ClNO5/c24-19-13-15-21(16-14-19)29-18-23(27)30-25-20-10-7-5-3-1-2-4-6-8-12-22(26)28-17-9-11-20/h13-16H,1-12,17-18H2/b25-20+. The zero-order valence-corrected chi connectivity index (χ0v) is 18.3. The number of hydrogen-bond acceptors (Lipinski definition) is 6. The van der Waals surface area contributed by atoms with E-state index in [1.165, 1.54) is 25.7 Å². The van der Waals surface area contributed by atoms with Gasteiger partial charge in [0.2, 0.25) is 0 Å². The number of rotatable bonds is 4. The first kappa shape index (κ1) is 24.2. The maximum atomic E-state index is 12.0.